The van der Waals surface area contributed by atoms with E-state index in [1.165, 1.54) is 24.3 Å². The summed E-state index contributed by atoms with van der Waals surface area (Å²) in [5.41, 5.74) is 6.26. The Hall–Kier alpha value is -4.20. The van der Waals surface area contributed by atoms with Crippen LogP contribution in [0.2, 0.25) is 0 Å². The van der Waals surface area contributed by atoms with E-state index in [2.05, 4.69) is 21.3 Å². The topological polar surface area (TPSA) is 237 Å². The molecule has 0 heterocycles. The molecule has 7 atom stereocenters. The number of phenols is 1. The molecule has 0 spiro atoms. The van der Waals surface area contributed by atoms with E-state index in [-0.39, 0.29) is 30.4 Å². The van der Waals surface area contributed by atoms with Crippen molar-refractivity contribution >= 4 is 35.6 Å². The van der Waals surface area contributed by atoms with Crippen molar-refractivity contribution in [1.29, 1.82) is 0 Å². The summed E-state index contributed by atoms with van der Waals surface area (Å²) in [5.74, 6) is -6.31. The van der Waals surface area contributed by atoms with Gasteiger partial charge in [-0.1, -0.05) is 66.5 Å². The zero-order chi connectivity index (χ0) is 34.4. The fourth-order valence-electron chi connectivity index (χ4n) is 4.49. The maximum atomic E-state index is 13.7. The second-order valence-electron chi connectivity index (χ2n) is 11.9. The Morgan fingerprint density at radius 3 is 1.62 bits per heavy atom. The van der Waals surface area contributed by atoms with Gasteiger partial charge in [-0.2, -0.15) is 0 Å². The Labute approximate surface area is 263 Å². The Balaban J connectivity index is 3.29. The average molecular weight is 636 g/mol. The highest BCUT2D eigenvalue weighted by molar-refractivity contribution is 5.96. The van der Waals surface area contributed by atoms with Gasteiger partial charge in [-0.25, -0.2) is 4.79 Å². The molecule has 0 fully saturated rings. The zero-order valence-corrected chi connectivity index (χ0v) is 26.8. The highest BCUT2D eigenvalue weighted by Crippen LogP contribution is 2.15. The molecule has 1 aromatic carbocycles. The summed E-state index contributed by atoms with van der Waals surface area (Å²) in [4.78, 5) is 76.1. The van der Waals surface area contributed by atoms with Crippen molar-refractivity contribution in [2.75, 3.05) is 0 Å². The third-order valence-electron chi connectivity index (χ3n) is 7.65. The summed E-state index contributed by atoms with van der Waals surface area (Å²) >= 11 is 0. The molecule has 0 saturated heterocycles. The molecule has 14 heteroatoms. The molecule has 0 radical (unpaired) electrons. The van der Waals surface area contributed by atoms with E-state index in [0.29, 0.717) is 18.4 Å². The molecule has 0 unspecified atom stereocenters. The second kappa shape index (κ2) is 18.6. The minimum atomic E-state index is -1.44. The first-order chi connectivity index (χ1) is 21.0. The SMILES string of the molecule is CC[C@H](C)[C@H](NC(=O)[C@H](Cc1ccc(O)cc1)NC(=O)[C@@H](N)CC(=O)O)C(=O)N[C@H](C(=O)N[C@@H](CC(C)C)C(=O)O)[C@@H](C)CC. The van der Waals surface area contributed by atoms with Crippen LogP contribution in [0.1, 0.15) is 72.8 Å². The zero-order valence-electron chi connectivity index (χ0n) is 26.8. The van der Waals surface area contributed by atoms with Crippen molar-refractivity contribution in [3.63, 3.8) is 0 Å². The minimum absolute atomic E-state index is 0.0123. The lowest BCUT2D eigenvalue weighted by Crippen LogP contribution is -2.61. The van der Waals surface area contributed by atoms with E-state index in [4.69, 9.17) is 10.8 Å². The minimum Gasteiger partial charge on any atom is -0.508 e. The van der Waals surface area contributed by atoms with E-state index in [0.717, 1.165) is 0 Å². The molecule has 0 aliphatic heterocycles. The van der Waals surface area contributed by atoms with Gasteiger partial charge in [0.25, 0.3) is 0 Å². The van der Waals surface area contributed by atoms with Gasteiger partial charge in [-0.3, -0.25) is 24.0 Å². The highest BCUT2D eigenvalue weighted by atomic mass is 16.4. The lowest BCUT2D eigenvalue weighted by Gasteiger charge is -2.30. The average Bonchev–Trinajstić information content (AvgIpc) is 2.97. The first-order valence-corrected chi connectivity index (χ1v) is 15.2. The van der Waals surface area contributed by atoms with Crippen molar-refractivity contribution < 1.29 is 44.1 Å². The van der Waals surface area contributed by atoms with Gasteiger partial charge in [-0.15, -0.1) is 0 Å². The Bertz CT molecular complexity index is 1170. The number of carboxylic acids is 2. The summed E-state index contributed by atoms with van der Waals surface area (Å²) in [5, 5.41) is 38.6. The number of phenolic OH excluding ortho intramolecular Hbond substituents is 1. The van der Waals surface area contributed by atoms with Crippen molar-refractivity contribution in [1.82, 2.24) is 21.3 Å². The number of nitrogens with one attached hydrogen (secondary N) is 4. The van der Waals surface area contributed by atoms with Crippen LogP contribution in [0.4, 0.5) is 0 Å². The molecule has 1 rings (SSSR count). The number of aliphatic carboxylic acids is 2. The smallest absolute Gasteiger partial charge is 0.326 e. The number of aromatic hydroxyl groups is 1. The van der Waals surface area contributed by atoms with Crippen LogP contribution in [0.5, 0.6) is 5.75 Å². The van der Waals surface area contributed by atoms with Gasteiger partial charge in [0.2, 0.25) is 23.6 Å². The highest BCUT2D eigenvalue weighted by Gasteiger charge is 2.35. The quantitative estimate of drug-likeness (QED) is 0.107. The normalized spacial score (nSPS) is 15.8. The van der Waals surface area contributed by atoms with Gasteiger partial charge in [-0.05, 0) is 41.9 Å². The number of hydrogen-bond donors (Lipinski definition) is 8. The van der Waals surface area contributed by atoms with Crippen LogP contribution in [0.25, 0.3) is 0 Å². The fraction of sp³-hybridized carbons (Fsp3) is 0.613. The molecule has 0 aliphatic rings. The first kappa shape index (κ1) is 38.8. The van der Waals surface area contributed by atoms with E-state index in [9.17, 15) is 39.0 Å². The number of carbonyl (C=O) groups excluding carboxylic acids is 4. The first-order valence-electron chi connectivity index (χ1n) is 15.2. The molecule has 0 aromatic heterocycles. The second-order valence-corrected chi connectivity index (χ2v) is 11.9. The molecule has 14 nitrogen and oxygen atoms in total. The summed E-state index contributed by atoms with van der Waals surface area (Å²) < 4.78 is 0. The fourth-order valence-corrected chi connectivity index (χ4v) is 4.49. The van der Waals surface area contributed by atoms with E-state index >= 15 is 0 Å². The number of carbonyl (C=O) groups is 6. The third-order valence-corrected chi connectivity index (χ3v) is 7.65. The van der Waals surface area contributed by atoms with Gasteiger partial charge in [0.15, 0.2) is 0 Å². The molecular formula is C31H49N5O9. The molecule has 4 amide bonds. The molecule has 252 valence electrons. The molecule has 45 heavy (non-hydrogen) atoms. The molecule has 9 N–H and O–H groups in total. The Kier molecular flexibility index (Phi) is 16.0. The van der Waals surface area contributed by atoms with Crippen LogP contribution in [-0.4, -0.2) is 81.1 Å². The summed E-state index contributed by atoms with van der Waals surface area (Å²) in [6.45, 7) is 10.7. The number of amides is 4. The summed E-state index contributed by atoms with van der Waals surface area (Å²) in [7, 11) is 0. The van der Waals surface area contributed by atoms with E-state index < -0.39 is 78.1 Å². The van der Waals surface area contributed by atoms with Gasteiger partial charge in [0.1, 0.15) is 29.9 Å². The van der Waals surface area contributed by atoms with Crippen LogP contribution >= 0.6 is 0 Å². The summed E-state index contributed by atoms with van der Waals surface area (Å²) in [6.07, 6.45) is 0.385. The number of hydrogen-bond acceptors (Lipinski definition) is 8. The predicted molar refractivity (Wildman–Crippen MR) is 166 cm³/mol. The van der Waals surface area contributed by atoms with Crippen LogP contribution < -0.4 is 27.0 Å². The Morgan fingerprint density at radius 1 is 0.711 bits per heavy atom. The molecule has 0 saturated carbocycles. The molecular weight excluding hydrogens is 586 g/mol. The Morgan fingerprint density at radius 2 is 1.18 bits per heavy atom. The van der Waals surface area contributed by atoms with Gasteiger partial charge >= 0.3 is 11.9 Å². The van der Waals surface area contributed by atoms with Gasteiger partial charge < -0.3 is 42.3 Å². The van der Waals surface area contributed by atoms with Gasteiger partial charge in [0, 0.05) is 6.42 Å². The van der Waals surface area contributed by atoms with E-state index in [1.54, 1.807) is 20.8 Å². The van der Waals surface area contributed by atoms with Crippen molar-refractivity contribution in [2.24, 2.45) is 23.5 Å². The van der Waals surface area contributed by atoms with E-state index in [1.807, 2.05) is 20.8 Å². The lowest BCUT2D eigenvalue weighted by molar-refractivity contribution is -0.143. The standard InChI is InChI=1S/C31H49N5O9/c1-7-17(5)25(29(42)34-23(31(44)45)13-16(3)4)36-30(43)26(18(6)8-2)35-28(41)22(14-19-9-11-20(37)12-10-19)33-27(40)21(32)15-24(38)39/h9-12,16-18,21-23,25-26,37H,7-8,13-15,32H2,1-6H3,(H,33,40)(H,34,42)(H,35,41)(H,36,43)(H,38,39)(H,44,45)/t17-,18-,21-,22-,23-,25-,26-/m0/s1. The predicted octanol–water partition coefficient (Wildman–Crippen LogP) is 0.899. The van der Waals surface area contributed by atoms with Crippen LogP contribution in [0.15, 0.2) is 24.3 Å². The van der Waals surface area contributed by atoms with Crippen LogP contribution in [0.3, 0.4) is 0 Å². The molecule has 0 bridgehead atoms. The summed E-state index contributed by atoms with van der Waals surface area (Å²) in [6, 6.07) is -0.243. The van der Waals surface area contributed by atoms with Crippen LogP contribution in [0, 0.1) is 17.8 Å². The number of carboxylic acid groups (broad SMARTS) is 2. The maximum Gasteiger partial charge on any atom is 0.326 e. The van der Waals surface area contributed by atoms with Gasteiger partial charge in [0.05, 0.1) is 12.5 Å². The number of benzene rings is 1. The number of rotatable bonds is 19. The lowest BCUT2D eigenvalue weighted by atomic mass is 9.94. The third kappa shape index (κ3) is 13.1. The monoisotopic (exact) mass is 635 g/mol. The van der Waals surface area contributed by atoms with Crippen molar-refractivity contribution in [3.8, 4) is 5.75 Å². The van der Waals surface area contributed by atoms with Crippen molar-refractivity contribution in [3.05, 3.63) is 29.8 Å². The molecule has 1 aromatic rings. The largest absolute Gasteiger partial charge is 0.508 e. The van der Waals surface area contributed by atoms with Crippen LogP contribution in [-0.2, 0) is 35.2 Å². The maximum absolute atomic E-state index is 13.7. The number of nitrogens with two attached hydrogens (primary N) is 1. The molecule has 0 aliphatic carbocycles. The van der Waals surface area contributed by atoms with Crippen molar-refractivity contribution in [2.45, 2.75) is 104 Å².